The van der Waals surface area contributed by atoms with Crippen LogP contribution in [0.25, 0.3) is 10.8 Å². The SMILES string of the molecule is CC1CN(Cc2ccc(C3=NCC(c4cccc(C#N)c4)N3)c3ccccc23)C1. The Bertz CT molecular complexity index is 1140. The van der Waals surface area contributed by atoms with Crippen LogP contribution in [0.2, 0.25) is 0 Å². The van der Waals surface area contributed by atoms with Crippen LogP contribution in [0.1, 0.15) is 35.2 Å². The van der Waals surface area contributed by atoms with Gasteiger partial charge < -0.3 is 5.32 Å². The number of amidine groups is 1. The first kappa shape index (κ1) is 17.9. The van der Waals surface area contributed by atoms with E-state index in [9.17, 15) is 5.26 Å². The van der Waals surface area contributed by atoms with Gasteiger partial charge in [0.15, 0.2) is 0 Å². The summed E-state index contributed by atoms with van der Waals surface area (Å²) in [6.45, 7) is 6.38. The second-order valence-electron chi connectivity index (χ2n) is 8.24. The molecule has 0 saturated carbocycles. The van der Waals surface area contributed by atoms with Gasteiger partial charge in [-0.25, -0.2) is 0 Å². The molecule has 1 saturated heterocycles. The van der Waals surface area contributed by atoms with Crippen molar-refractivity contribution in [2.45, 2.75) is 19.5 Å². The zero-order valence-electron chi connectivity index (χ0n) is 16.6. The Balaban J connectivity index is 1.43. The molecule has 0 spiro atoms. The molecule has 3 aromatic rings. The molecule has 1 unspecified atom stereocenters. The van der Waals surface area contributed by atoms with Crippen LogP contribution in [0.5, 0.6) is 0 Å². The fourth-order valence-corrected chi connectivity index (χ4v) is 4.52. The van der Waals surface area contributed by atoms with Crippen molar-refractivity contribution in [2.24, 2.45) is 10.9 Å². The van der Waals surface area contributed by atoms with E-state index < -0.39 is 0 Å². The quantitative estimate of drug-likeness (QED) is 0.736. The Labute approximate surface area is 171 Å². The standard InChI is InChI=1S/C25H24N4/c1-17-14-29(15-17)16-20-9-10-23(22-8-3-2-7-21(20)22)25-27-13-24(28-25)19-6-4-5-18(11-19)12-26/h2-11,17,24H,13-16H2,1H3,(H,27,28). The summed E-state index contributed by atoms with van der Waals surface area (Å²) < 4.78 is 0. The van der Waals surface area contributed by atoms with Gasteiger partial charge in [0.25, 0.3) is 0 Å². The molecule has 2 heterocycles. The molecule has 4 nitrogen and oxygen atoms in total. The summed E-state index contributed by atoms with van der Waals surface area (Å²) >= 11 is 0. The highest BCUT2D eigenvalue weighted by molar-refractivity contribution is 6.11. The number of benzene rings is 3. The van der Waals surface area contributed by atoms with E-state index in [-0.39, 0.29) is 6.04 Å². The molecule has 1 fully saturated rings. The van der Waals surface area contributed by atoms with Crippen molar-refractivity contribution >= 4 is 16.6 Å². The van der Waals surface area contributed by atoms with Crippen LogP contribution in [-0.2, 0) is 6.54 Å². The maximum absolute atomic E-state index is 9.18. The molecule has 0 bridgehead atoms. The van der Waals surface area contributed by atoms with E-state index >= 15 is 0 Å². The maximum atomic E-state index is 9.18. The largest absolute Gasteiger partial charge is 0.361 e. The van der Waals surface area contributed by atoms with Gasteiger partial charge in [-0.15, -0.1) is 0 Å². The molecule has 3 aromatic carbocycles. The maximum Gasteiger partial charge on any atom is 0.129 e. The number of aliphatic imine (C=N–C) groups is 1. The van der Waals surface area contributed by atoms with Gasteiger partial charge in [-0.05, 0) is 39.9 Å². The lowest BCUT2D eigenvalue weighted by molar-refractivity contribution is 0.105. The molecule has 4 heteroatoms. The second-order valence-corrected chi connectivity index (χ2v) is 8.24. The number of rotatable bonds is 4. The fourth-order valence-electron chi connectivity index (χ4n) is 4.52. The zero-order valence-corrected chi connectivity index (χ0v) is 16.6. The monoisotopic (exact) mass is 380 g/mol. The van der Waals surface area contributed by atoms with E-state index in [0.29, 0.717) is 12.1 Å². The number of nitrogens with one attached hydrogen (secondary N) is 1. The highest BCUT2D eigenvalue weighted by Crippen LogP contribution is 2.28. The number of nitrogens with zero attached hydrogens (tertiary/aromatic N) is 3. The van der Waals surface area contributed by atoms with Crippen molar-refractivity contribution in [1.29, 1.82) is 5.26 Å². The van der Waals surface area contributed by atoms with E-state index in [1.165, 1.54) is 29.4 Å². The number of hydrogen-bond donors (Lipinski definition) is 1. The van der Waals surface area contributed by atoms with Gasteiger partial charge in [0.05, 0.1) is 24.2 Å². The van der Waals surface area contributed by atoms with Crippen molar-refractivity contribution in [3.8, 4) is 6.07 Å². The minimum atomic E-state index is 0.110. The van der Waals surface area contributed by atoms with E-state index in [4.69, 9.17) is 4.99 Å². The molecular formula is C25H24N4. The van der Waals surface area contributed by atoms with Crippen molar-refractivity contribution in [3.05, 3.63) is 82.9 Å². The highest BCUT2D eigenvalue weighted by atomic mass is 15.2. The average molecular weight is 380 g/mol. The predicted molar refractivity (Wildman–Crippen MR) is 117 cm³/mol. The number of likely N-dealkylation sites (tertiary alicyclic amines) is 1. The van der Waals surface area contributed by atoms with Gasteiger partial charge in [-0.2, -0.15) is 5.26 Å². The highest BCUT2D eigenvalue weighted by Gasteiger charge is 2.24. The molecule has 1 atom stereocenters. The summed E-state index contributed by atoms with van der Waals surface area (Å²) in [6.07, 6.45) is 0. The summed E-state index contributed by atoms with van der Waals surface area (Å²) in [6, 6.07) is 23.2. The number of fused-ring (bicyclic) bond motifs is 1. The fraction of sp³-hybridized carbons (Fsp3) is 0.280. The van der Waals surface area contributed by atoms with Crippen LogP contribution in [0.3, 0.4) is 0 Å². The minimum Gasteiger partial charge on any atom is -0.361 e. The molecule has 0 aromatic heterocycles. The van der Waals surface area contributed by atoms with E-state index in [0.717, 1.165) is 29.4 Å². The predicted octanol–water partition coefficient (Wildman–Crippen LogP) is 4.25. The first-order valence-corrected chi connectivity index (χ1v) is 10.3. The third-order valence-electron chi connectivity index (χ3n) is 5.96. The molecule has 5 rings (SSSR count). The molecule has 2 aliphatic heterocycles. The third kappa shape index (κ3) is 3.39. The van der Waals surface area contributed by atoms with Crippen molar-refractivity contribution in [3.63, 3.8) is 0 Å². The minimum absolute atomic E-state index is 0.110. The van der Waals surface area contributed by atoms with Crippen LogP contribution in [0.15, 0.2) is 65.7 Å². The molecule has 0 radical (unpaired) electrons. The Hall–Kier alpha value is -3.16. The first-order chi connectivity index (χ1) is 14.2. The van der Waals surface area contributed by atoms with Crippen LogP contribution in [0.4, 0.5) is 0 Å². The van der Waals surface area contributed by atoms with E-state index in [2.05, 4.69) is 65.7 Å². The lowest BCUT2D eigenvalue weighted by atomic mass is 9.96. The van der Waals surface area contributed by atoms with Gasteiger partial charge in [-0.1, -0.05) is 55.5 Å². The van der Waals surface area contributed by atoms with Crippen LogP contribution >= 0.6 is 0 Å². The van der Waals surface area contributed by atoms with Gasteiger partial charge in [0.1, 0.15) is 5.84 Å². The van der Waals surface area contributed by atoms with Gasteiger partial charge >= 0.3 is 0 Å². The molecule has 144 valence electrons. The lowest BCUT2D eigenvalue weighted by Gasteiger charge is -2.37. The van der Waals surface area contributed by atoms with Gasteiger partial charge in [0, 0.05) is 25.2 Å². The smallest absolute Gasteiger partial charge is 0.129 e. The van der Waals surface area contributed by atoms with Crippen LogP contribution in [0, 0.1) is 17.2 Å². The lowest BCUT2D eigenvalue weighted by Crippen LogP contribution is -2.44. The van der Waals surface area contributed by atoms with Crippen LogP contribution in [-0.4, -0.2) is 30.4 Å². The Kier molecular flexibility index (Phi) is 4.54. The Morgan fingerprint density at radius 2 is 1.90 bits per heavy atom. The molecule has 1 N–H and O–H groups in total. The number of nitriles is 1. The van der Waals surface area contributed by atoms with E-state index in [1.54, 1.807) is 0 Å². The molecule has 0 amide bonds. The van der Waals surface area contributed by atoms with Crippen LogP contribution < -0.4 is 5.32 Å². The third-order valence-corrected chi connectivity index (χ3v) is 5.96. The van der Waals surface area contributed by atoms with E-state index in [1.807, 2.05) is 18.2 Å². The number of hydrogen-bond acceptors (Lipinski definition) is 4. The zero-order chi connectivity index (χ0) is 19.8. The summed E-state index contributed by atoms with van der Waals surface area (Å²) in [5, 5.41) is 15.3. The summed E-state index contributed by atoms with van der Waals surface area (Å²) in [5.74, 6) is 1.76. The average Bonchev–Trinajstić information content (AvgIpc) is 3.23. The molecule has 2 aliphatic rings. The molecule has 29 heavy (non-hydrogen) atoms. The first-order valence-electron chi connectivity index (χ1n) is 10.3. The van der Waals surface area contributed by atoms with Gasteiger partial charge in [-0.3, -0.25) is 9.89 Å². The summed E-state index contributed by atoms with van der Waals surface area (Å²) in [4.78, 5) is 7.32. The topological polar surface area (TPSA) is 51.4 Å². The van der Waals surface area contributed by atoms with Crippen molar-refractivity contribution < 1.29 is 0 Å². The van der Waals surface area contributed by atoms with Crippen molar-refractivity contribution in [1.82, 2.24) is 10.2 Å². The molecular weight excluding hydrogens is 356 g/mol. The van der Waals surface area contributed by atoms with Gasteiger partial charge in [0.2, 0.25) is 0 Å². The Morgan fingerprint density at radius 3 is 2.69 bits per heavy atom. The second kappa shape index (κ2) is 7.35. The summed E-state index contributed by atoms with van der Waals surface area (Å²) in [5.41, 5.74) is 4.33. The molecule has 0 aliphatic carbocycles. The Morgan fingerprint density at radius 1 is 1.07 bits per heavy atom. The summed E-state index contributed by atoms with van der Waals surface area (Å²) in [7, 11) is 0. The van der Waals surface area contributed by atoms with Crippen molar-refractivity contribution in [2.75, 3.05) is 19.6 Å². The normalized spacial score (nSPS) is 19.4.